The van der Waals surface area contributed by atoms with Gasteiger partial charge >= 0.3 is 57.4 Å². The first-order chi connectivity index (χ1) is 7.09. The molecule has 0 aliphatic heterocycles. The van der Waals surface area contributed by atoms with E-state index in [1.807, 2.05) is 0 Å². The fourth-order valence-corrected chi connectivity index (χ4v) is 1.64. The van der Waals surface area contributed by atoms with E-state index < -0.39 is 11.8 Å². The van der Waals surface area contributed by atoms with E-state index in [9.17, 15) is 9.18 Å². The van der Waals surface area contributed by atoms with Crippen LogP contribution in [0.1, 0.15) is 6.99 Å². The van der Waals surface area contributed by atoms with Gasteiger partial charge in [0.15, 0.2) is 11.0 Å². The summed E-state index contributed by atoms with van der Waals surface area (Å²) in [4.78, 5) is 16.8. The van der Waals surface area contributed by atoms with E-state index in [1.54, 1.807) is 0 Å². The van der Waals surface area contributed by atoms with Crippen LogP contribution in [0.3, 0.4) is 0 Å². The molecule has 2 aromatic heterocycles. The van der Waals surface area contributed by atoms with Crippen LogP contribution in [0.25, 0.3) is 10.9 Å². The van der Waals surface area contributed by atoms with Gasteiger partial charge in [0.05, 0.1) is 18.1 Å². The molecule has 0 saturated carbocycles. The molecule has 0 spiro atoms. The van der Waals surface area contributed by atoms with Crippen LogP contribution in [-0.2, 0) is 11.2 Å². The van der Waals surface area contributed by atoms with Crippen molar-refractivity contribution < 1.29 is 67.1 Å². The summed E-state index contributed by atoms with van der Waals surface area (Å²) in [6, 6.07) is 0. The molecule has 0 aliphatic carbocycles. The Morgan fingerprint density at radius 3 is 3.00 bits per heavy atom. The Hall–Kier alpha value is 0.0164. The zero-order chi connectivity index (χ0) is 11.0. The molecule has 0 amide bonds. The van der Waals surface area contributed by atoms with Gasteiger partial charge in [0.25, 0.3) is 0 Å². The summed E-state index contributed by atoms with van der Waals surface area (Å²) in [6.45, 7) is 0. The number of hydrogen-bond acceptors (Lipinski definition) is 2. The van der Waals surface area contributed by atoms with Crippen LogP contribution in [0.4, 0.5) is 4.39 Å². The van der Waals surface area contributed by atoms with Gasteiger partial charge in [0, 0.05) is 11.6 Å². The number of carboxylic acid groups (broad SMARTS) is 1. The van der Waals surface area contributed by atoms with E-state index in [0.29, 0.717) is 11.1 Å². The van der Waals surface area contributed by atoms with E-state index in [2.05, 4.69) is 9.97 Å². The van der Waals surface area contributed by atoms with Gasteiger partial charge in [0.1, 0.15) is 0 Å². The molecule has 0 bridgehead atoms. The molecular weight excluding hydrogens is 262 g/mol. The van der Waals surface area contributed by atoms with Crippen LogP contribution in [0, 0.1) is 5.82 Å². The van der Waals surface area contributed by atoms with Crippen LogP contribution in [0.15, 0.2) is 12.4 Å². The van der Waals surface area contributed by atoms with Gasteiger partial charge in [-0.25, -0.2) is 9.37 Å². The number of fused-ring (bicyclic) bond motifs is 1. The second-order valence-electron chi connectivity index (χ2n) is 3.03. The van der Waals surface area contributed by atoms with E-state index in [4.69, 9.17) is 16.7 Å². The molecule has 2 N–H and O–H groups in total. The van der Waals surface area contributed by atoms with Crippen molar-refractivity contribution in [2.45, 2.75) is 6.42 Å². The van der Waals surface area contributed by atoms with Crippen molar-refractivity contribution in [2.24, 2.45) is 0 Å². The average molecular weight is 269 g/mol. The molecule has 4 nitrogen and oxygen atoms in total. The SMILES string of the molecule is O=C(O)Cc1c[nH]c2c(Cl)ncc(F)c12.[H-].[K+]. The number of nitrogens with zero attached hydrogens (tertiary/aromatic N) is 1. The van der Waals surface area contributed by atoms with Crippen LogP contribution in [0.5, 0.6) is 0 Å². The van der Waals surface area contributed by atoms with Gasteiger partial charge in [-0.15, -0.1) is 0 Å². The van der Waals surface area contributed by atoms with Crippen LogP contribution < -0.4 is 51.4 Å². The summed E-state index contributed by atoms with van der Waals surface area (Å²) in [6.07, 6.45) is 2.15. The third-order valence-corrected chi connectivity index (χ3v) is 2.33. The quantitative estimate of drug-likeness (QED) is 0.548. The Morgan fingerprint density at radius 2 is 2.38 bits per heavy atom. The van der Waals surface area contributed by atoms with Gasteiger partial charge < -0.3 is 11.5 Å². The molecule has 2 rings (SSSR count). The summed E-state index contributed by atoms with van der Waals surface area (Å²) >= 11 is 5.72. The Balaban J connectivity index is 0.00000128. The zero-order valence-corrected chi connectivity index (χ0v) is 12.3. The number of carboxylic acids is 1. The van der Waals surface area contributed by atoms with Crippen molar-refractivity contribution >= 4 is 28.5 Å². The van der Waals surface area contributed by atoms with Gasteiger partial charge in [-0.2, -0.15) is 0 Å². The number of halogens is 2. The minimum atomic E-state index is -1.02. The predicted octanol–water partition coefficient (Wildman–Crippen LogP) is -0.901. The molecule has 0 radical (unpaired) electrons. The number of pyridine rings is 1. The molecule has 7 heteroatoms. The number of aliphatic carboxylic acids is 1. The largest absolute Gasteiger partial charge is 1.00 e. The van der Waals surface area contributed by atoms with E-state index in [0.717, 1.165) is 6.20 Å². The van der Waals surface area contributed by atoms with Crippen LogP contribution in [0.2, 0.25) is 5.15 Å². The molecule has 2 heterocycles. The van der Waals surface area contributed by atoms with E-state index >= 15 is 0 Å². The Labute approximate surface area is 139 Å². The second-order valence-corrected chi connectivity index (χ2v) is 3.39. The van der Waals surface area contributed by atoms with E-state index in [-0.39, 0.29) is 69.8 Å². The van der Waals surface area contributed by atoms with Gasteiger partial charge in [-0.3, -0.25) is 4.79 Å². The number of hydrogen-bond donors (Lipinski definition) is 2. The van der Waals surface area contributed by atoms with Gasteiger partial charge in [-0.05, 0) is 5.56 Å². The number of aromatic amines is 1. The van der Waals surface area contributed by atoms with Crippen molar-refractivity contribution in [3.8, 4) is 0 Å². The molecule has 2 aromatic rings. The minimum Gasteiger partial charge on any atom is -1.00 e. The first kappa shape index (κ1) is 14.1. The maximum Gasteiger partial charge on any atom is 1.00 e. The Bertz CT molecular complexity index is 549. The molecular formula is C9H7ClFKN2O2. The van der Waals surface area contributed by atoms with Gasteiger partial charge in [0.2, 0.25) is 0 Å². The van der Waals surface area contributed by atoms with Crippen molar-refractivity contribution in [1.29, 1.82) is 0 Å². The molecule has 0 saturated heterocycles. The average Bonchev–Trinajstić information content (AvgIpc) is 2.56. The smallest absolute Gasteiger partial charge is 1.00 e. The van der Waals surface area contributed by atoms with Crippen LogP contribution in [-0.4, -0.2) is 21.0 Å². The summed E-state index contributed by atoms with van der Waals surface area (Å²) in [7, 11) is 0. The topological polar surface area (TPSA) is 66.0 Å². The molecule has 0 fully saturated rings. The number of H-pyrrole nitrogens is 1. The monoisotopic (exact) mass is 268 g/mol. The summed E-state index contributed by atoms with van der Waals surface area (Å²) < 4.78 is 13.4. The fraction of sp³-hybridized carbons (Fsp3) is 0.111. The summed E-state index contributed by atoms with van der Waals surface area (Å²) in [5, 5.41) is 8.94. The fourth-order valence-electron chi connectivity index (χ4n) is 1.44. The van der Waals surface area contributed by atoms with Gasteiger partial charge in [-0.1, -0.05) is 11.6 Å². The van der Waals surface area contributed by atoms with Crippen molar-refractivity contribution in [3.05, 3.63) is 28.9 Å². The first-order valence-electron chi connectivity index (χ1n) is 4.11. The Morgan fingerprint density at radius 1 is 1.69 bits per heavy atom. The molecule has 0 unspecified atom stereocenters. The number of nitrogens with one attached hydrogen (secondary N) is 1. The van der Waals surface area contributed by atoms with Crippen LogP contribution >= 0.6 is 11.6 Å². The zero-order valence-electron chi connectivity index (χ0n) is 9.42. The molecule has 0 atom stereocenters. The molecule has 16 heavy (non-hydrogen) atoms. The van der Waals surface area contributed by atoms with Crippen molar-refractivity contribution in [2.75, 3.05) is 0 Å². The maximum atomic E-state index is 13.4. The van der Waals surface area contributed by atoms with Crippen molar-refractivity contribution in [1.82, 2.24) is 9.97 Å². The van der Waals surface area contributed by atoms with E-state index in [1.165, 1.54) is 6.20 Å². The second kappa shape index (κ2) is 5.57. The standard InChI is InChI=1S/C9H6ClFN2O2.K.H/c10-9-8-7(5(11)3-13-9)4(2-12-8)1-6(14)15;;/h2-3,12H,1H2,(H,14,15);;/q;+1;-1. The normalized spacial score (nSPS) is 10.1. The Kier molecular flexibility index (Phi) is 4.90. The number of carbonyl (C=O) groups is 1. The molecule has 0 aromatic carbocycles. The number of aromatic nitrogens is 2. The maximum absolute atomic E-state index is 13.4. The predicted molar refractivity (Wildman–Crippen MR) is 53.5 cm³/mol. The third kappa shape index (κ3) is 2.64. The van der Waals surface area contributed by atoms with Crippen molar-refractivity contribution in [3.63, 3.8) is 0 Å². The minimum absolute atomic E-state index is 0. The number of rotatable bonds is 2. The summed E-state index contributed by atoms with van der Waals surface area (Å²) in [5.41, 5.74) is 0.687. The first-order valence-corrected chi connectivity index (χ1v) is 4.49. The molecule has 80 valence electrons. The summed E-state index contributed by atoms with van der Waals surface area (Å²) in [5.74, 6) is -1.60. The molecule has 0 aliphatic rings. The third-order valence-electron chi connectivity index (χ3n) is 2.04.